The summed E-state index contributed by atoms with van der Waals surface area (Å²) in [7, 11) is 0. The average molecular weight is 285 g/mol. The van der Waals surface area contributed by atoms with Gasteiger partial charge in [0.1, 0.15) is 5.75 Å². The van der Waals surface area contributed by atoms with Gasteiger partial charge in [-0.2, -0.15) is 0 Å². The van der Waals surface area contributed by atoms with Crippen molar-refractivity contribution in [1.29, 1.82) is 0 Å². The fraction of sp³-hybridized carbons (Fsp3) is 0.235. The maximum atomic E-state index is 12.0. The minimum atomic E-state index is -0.127. The van der Waals surface area contributed by atoms with Crippen molar-refractivity contribution in [3.8, 4) is 5.75 Å². The first-order valence-electron chi connectivity index (χ1n) is 6.93. The molecule has 0 aromatic heterocycles. The lowest BCUT2D eigenvalue weighted by atomic mass is 10.1. The van der Waals surface area contributed by atoms with Crippen LogP contribution in [0.2, 0.25) is 0 Å². The second-order valence-corrected chi connectivity index (χ2v) is 4.62. The minimum Gasteiger partial charge on any atom is -0.494 e. The summed E-state index contributed by atoms with van der Waals surface area (Å²) >= 11 is 0. The number of aliphatic hydroxyl groups is 1. The Morgan fingerprint density at radius 3 is 2.62 bits per heavy atom. The van der Waals surface area contributed by atoms with Crippen molar-refractivity contribution in [2.24, 2.45) is 0 Å². The number of aliphatic hydroxyl groups excluding tert-OH is 1. The van der Waals surface area contributed by atoms with E-state index < -0.39 is 0 Å². The summed E-state index contributed by atoms with van der Waals surface area (Å²) in [4.78, 5) is 12.0. The molecule has 0 heterocycles. The maximum absolute atomic E-state index is 12.0. The smallest absolute Gasteiger partial charge is 0.228 e. The van der Waals surface area contributed by atoms with Crippen LogP contribution in [-0.2, 0) is 17.8 Å². The number of anilines is 1. The van der Waals surface area contributed by atoms with Crippen LogP contribution in [0.4, 0.5) is 5.69 Å². The van der Waals surface area contributed by atoms with Gasteiger partial charge < -0.3 is 15.2 Å². The predicted molar refractivity (Wildman–Crippen MR) is 82.3 cm³/mol. The molecular weight excluding hydrogens is 266 g/mol. The molecule has 0 aliphatic rings. The standard InChI is InChI=1S/C17H19NO3/c1-2-21-16-9-8-15(11-14(16)12-19)18-17(20)10-13-6-4-3-5-7-13/h3-9,11,19H,2,10,12H2,1H3,(H,18,20). The Balaban J connectivity index is 2.04. The van der Waals surface area contributed by atoms with Gasteiger partial charge in [0.2, 0.25) is 5.91 Å². The van der Waals surface area contributed by atoms with Crippen molar-refractivity contribution in [2.45, 2.75) is 20.0 Å². The first kappa shape index (κ1) is 15.1. The van der Waals surface area contributed by atoms with Crippen LogP contribution < -0.4 is 10.1 Å². The highest BCUT2D eigenvalue weighted by Gasteiger charge is 2.07. The van der Waals surface area contributed by atoms with Gasteiger partial charge in [0.15, 0.2) is 0 Å². The Labute approximate surface area is 124 Å². The minimum absolute atomic E-state index is 0.0887. The highest BCUT2D eigenvalue weighted by molar-refractivity contribution is 5.92. The lowest BCUT2D eigenvalue weighted by Crippen LogP contribution is -2.14. The molecule has 0 fully saturated rings. The molecule has 1 amide bonds. The summed E-state index contributed by atoms with van der Waals surface area (Å²) in [6.07, 6.45) is 0.322. The number of benzene rings is 2. The van der Waals surface area contributed by atoms with E-state index in [1.165, 1.54) is 0 Å². The fourth-order valence-electron chi connectivity index (χ4n) is 2.06. The van der Waals surface area contributed by atoms with Gasteiger partial charge in [-0.25, -0.2) is 0 Å². The van der Waals surface area contributed by atoms with Gasteiger partial charge in [-0.1, -0.05) is 30.3 Å². The van der Waals surface area contributed by atoms with Gasteiger partial charge in [-0.3, -0.25) is 4.79 Å². The molecule has 2 aromatic carbocycles. The second kappa shape index (κ2) is 7.45. The van der Waals surface area contributed by atoms with E-state index in [9.17, 15) is 9.90 Å². The molecule has 0 aliphatic carbocycles. The molecule has 0 saturated heterocycles. The third-order valence-electron chi connectivity index (χ3n) is 3.02. The molecule has 0 saturated carbocycles. The Kier molecular flexibility index (Phi) is 5.35. The van der Waals surface area contributed by atoms with Crippen LogP contribution >= 0.6 is 0 Å². The van der Waals surface area contributed by atoms with Crippen LogP contribution in [0.15, 0.2) is 48.5 Å². The fourth-order valence-corrected chi connectivity index (χ4v) is 2.06. The Bertz CT molecular complexity index is 596. The topological polar surface area (TPSA) is 58.6 Å². The third kappa shape index (κ3) is 4.33. The van der Waals surface area contributed by atoms with Gasteiger partial charge in [0.05, 0.1) is 19.6 Å². The second-order valence-electron chi connectivity index (χ2n) is 4.62. The Morgan fingerprint density at radius 2 is 1.95 bits per heavy atom. The van der Waals surface area contributed by atoms with Crippen LogP contribution in [0.25, 0.3) is 0 Å². The molecule has 0 unspecified atom stereocenters. The largest absolute Gasteiger partial charge is 0.494 e. The van der Waals surface area contributed by atoms with E-state index in [1.807, 2.05) is 37.3 Å². The molecule has 0 radical (unpaired) electrons. The van der Waals surface area contributed by atoms with Crippen molar-refractivity contribution >= 4 is 11.6 Å². The lowest BCUT2D eigenvalue weighted by molar-refractivity contribution is -0.115. The number of hydrogen-bond donors (Lipinski definition) is 2. The number of amides is 1. The van der Waals surface area contributed by atoms with E-state index in [0.717, 1.165) is 5.56 Å². The van der Waals surface area contributed by atoms with Gasteiger partial charge in [-0.15, -0.1) is 0 Å². The number of carbonyl (C=O) groups excluding carboxylic acids is 1. The summed E-state index contributed by atoms with van der Waals surface area (Å²) in [5.74, 6) is 0.551. The molecule has 4 heteroatoms. The molecular formula is C17H19NO3. The van der Waals surface area contributed by atoms with Gasteiger partial charge in [0, 0.05) is 11.3 Å². The SMILES string of the molecule is CCOc1ccc(NC(=O)Cc2ccccc2)cc1CO. The van der Waals surface area contributed by atoms with Crippen LogP contribution in [0, 0.1) is 0 Å². The molecule has 21 heavy (non-hydrogen) atoms. The Morgan fingerprint density at radius 1 is 1.19 bits per heavy atom. The molecule has 2 N–H and O–H groups in total. The first-order chi connectivity index (χ1) is 10.2. The molecule has 110 valence electrons. The summed E-state index contributed by atoms with van der Waals surface area (Å²) < 4.78 is 5.41. The van der Waals surface area contributed by atoms with Crippen molar-refractivity contribution < 1.29 is 14.6 Å². The van der Waals surface area contributed by atoms with E-state index in [-0.39, 0.29) is 12.5 Å². The molecule has 2 aromatic rings. The predicted octanol–water partition coefficient (Wildman–Crippen LogP) is 2.76. The summed E-state index contributed by atoms with van der Waals surface area (Å²) in [5, 5.41) is 12.2. The summed E-state index contributed by atoms with van der Waals surface area (Å²) in [6.45, 7) is 2.29. The number of ether oxygens (including phenoxy) is 1. The van der Waals surface area contributed by atoms with Crippen LogP contribution in [0.1, 0.15) is 18.1 Å². The highest BCUT2D eigenvalue weighted by atomic mass is 16.5. The number of carbonyl (C=O) groups is 1. The third-order valence-corrected chi connectivity index (χ3v) is 3.02. The van der Waals surface area contributed by atoms with Crippen molar-refractivity contribution in [3.05, 3.63) is 59.7 Å². The van der Waals surface area contributed by atoms with E-state index in [4.69, 9.17) is 4.74 Å². The molecule has 0 atom stereocenters. The van der Waals surface area contributed by atoms with E-state index in [0.29, 0.717) is 30.0 Å². The number of hydrogen-bond acceptors (Lipinski definition) is 3. The van der Waals surface area contributed by atoms with Crippen molar-refractivity contribution in [1.82, 2.24) is 0 Å². The zero-order valence-corrected chi connectivity index (χ0v) is 12.0. The van der Waals surface area contributed by atoms with Gasteiger partial charge in [0.25, 0.3) is 0 Å². The van der Waals surface area contributed by atoms with Crippen LogP contribution in [-0.4, -0.2) is 17.6 Å². The van der Waals surface area contributed by atoms with E-state index >= 15 is 0 Å². The quantitative estimate of drug-likeness (QED) is 0.858. The molecule has 0 bridgehead atoms. The van der Waals surface area contributed by atoms with E-state index in [2.05, 4.69) is 5.32 Å². The van der Waals surface area contributed by atoms with Crippen LogP contribution in [0.5, 0.6) is 5.75 Å². The zero-order valence-electron chi connectivity index (χ0n) is 12.0. The summed E-state index contributed by atoms with van der Waals surface area (Å²) in [6, 6.07) is 14.8. The van der Waals surface area contributed by atoms with Gasteiger partial charge >= 0.3 is 0 Å². The lowest BCUT2D eigenvalue weighted by Gasteiger charge is -2.11. The molecule has 0 aliphatic heterocycles. The Hall–Kier alpha value is -2.33. The summed E-state index contributed by atoms with van der Waals surface area (Å²) in [5.41, 5.74) is 2.28. The number of rotatable bonds is 6. The molecule has 4 nitrogen and oxygen atoms in total. The molecule has 2 rings (SSSR count). The highest BCUT2D eigenvalue weighted by Crippen LogP contribution is 2.23. The van der Waals surface area contributed by atoms with Crippen molar-refractivity contribution in [3.63, 3.8) is 0 Å². The molecule has 0 spiro atoms. The first-order valence-corrected chi connectivity index (χ1v) is 6.93. The van der Waals surface area contributed by atoms with Gasteiger partial charge in [-0.05, 0) is 30.7 Å². The van der Waals surface area contributed by atoms with Crippen LogP contribution in [0.3, 0.4) is 0 Å². The normalized spacial score (nSPS) is 10.2. The van der Waals surface area contributed by atoms with Crippen molar-refractivity contribution in [2.75, 3.05) is 11.9 Å². The average Bonchev–Trinajstić information content (AvgIpc) is 2.50. The zero-order chi connectivity index (χ0) is 15.1. The monoisotopic (exact) mass is 285 g/mol. The maximum Gasteiger partial charge on any atom is 0.228 e. The van der Waals surface area contributed by atoms with E-state index in [1.54, 1.807) is 18.2 Å². The number of nitrogens with one attached hydrogen (secondary N) is 1.